The van der Waals surface area contributed by atoms with Gasteiger partial charge >= 0.3 is 5.37 Å². The monoisotopic (exact) mass is 243 g/mol. The van der Waals surface area contributed by atoms with Crippen molar-refractivity contribution in [3.05, 3.63) is 23.8 Å². The molecule has 0 unspecified atom stereocenters. The lowest BCUT2D eigenvalue weighted by Gasteiger charge is -2.15. The molecule has 0 spiro atoms. The number of hydrogen-bond donors (Lipinski definition) is 0. The summed E-state index contributed by atoms with van der Waals surface area (Å²) in [7, 11) is 4.77. The zero-order valence-corrected chi connectivity index (χ0v) is 10.2. The Morgan fingerprint density at radius 2 is 1.94 bits per heavy atom. The molecule has 0 saturated heterocycles. The number of rotatable bonds is 4. The molecule has 1 aromatic rings. The summed E-state index contributed by atoms with van der Waals surface area (Å²) < 4.78 is 10.3. The minimum atomic E-state index is -0.491. The number of ether oxygens (including phenoxy) is 2. The van der Waals surface area contributed by atoms with Crippen molar-refractivity contribution >= 4 is 17.0 Å². The molecule has 1 aromatic carbocycles. The van der Waals surface area contributed by atoms with Crippen LogP contribution in [-0.4, -0.2) is 31.5 Å². The first-order chi connectivity index (χ1) is 7.58. The van der Waals surface area contributed by atoms with Crippen LogP contribution >= 0.6 is 11.6 Å². The normalized spacial score (nSPS) is 9.75. The zero-order chi connectivity index (χ0) is 12.1. The molecular weight excluding hydrogens is 230 g/mol. The summed E-state index contributed by atoms with van der Waals surface area (Å²) in [4.78, 5) is 12.3. The predicted octanol–water partition coefficient (Wildman–Crippen LogP) is 2.49. The molecule has 0 heterocycles. The average Bonchev–Trinajstić information content (AvgIpc) is 2.28. The van der Waals surface area contributed by atoms with Crippen LogP contribution in [0.1, 0.15) is 5.56 Å². The van der Waals surface area contributed by atoms with Crippen LogP contribution in [0.25, 0.3) is 0 Å². The van der Waals surface area contributed by atoms with Gasteiger partial charge in [0.05, 0.1) is 14.2 Å². The molecule has 1 rings (SSSR count). The van der Waals surface area contributed by atoms with E-state index >= 15 is 0 Å². The maximum Gasteiger partial charge on any atom is 0.316 e. The Balaban J connectivity index is 2.86. The molecule has 4 nitrogen and oxygen atoms in total. The van der Waals surface area contributed by atoms with E-state index in [1.165, 1.54) is 4.90 Å². The van der Waals surface area contributed by atoms with Crippen LogP contribution in [0.3, 0.4) is 0 Å². The molecule has 0 bridgehead atoms. The van der Waals surface area contributed by atoms with Gasteiger partial charge in [-0.25, -0.2) is 0 Å². The van der Waals surface area contributed by atoms with E-state index < -0.39 is 5.37 Å². The number of carbonyl (C=O) groups is 1. The lowest BCUT2D eigenvalue weighted by atomic mass is 10.2. The molecule has 0 aliphatic carbocycles. The molecule has 1 amide bonds. The van der Waals surface area contributed by atoms with Gasteiger partial charge in [-0.1, -0.05) is 6.07 Å². The fraction of sp³-hybridized carbons (Fsp3) is 0.364. The van der Waals surface area contributed by atoms with Crippen molar-refractivity contribution in [2.75, 3.05) is 21.3 Å². The summed E-state index contributed by atoms with van der Waals surface area (Å²) >= 11 is 5.34. The Labute approximate surface area is 99.7 Å². The van der Waals surface area contributed by atoms with E-state index in [-0.39, 0.29) is 0 Å². The first-order valence-corrected chi connectivity index (χ1v) is 5.07. The molecule has 0 aromatic heterocycles. The molecule has 0 saturated carbocycles. The van der Waals surface area contributed by atoms with Crippen LogP contribution in [-0.2, 0) is 6.54 Å². The molecule has 0 atom stereocenters. The van der Waals surface area contributed by atoms with Crippen LogP contribution in [0.4, 0.5) is 4.79 Å². The van der Waals surface area contributed by atoms with Crippen molar-refractivity contribution in [1.29, 1.82) is 0 Å². The average molecular weight is 244 g/mol. The number of methoxy groups -OCH3 is 2. The summed E-state index contributed by atoms with van der Waals surface area (Å²) in [5.74, 6) is 1.29. The van der Waals surface area contributed by atoms with Gasteiger partial charge in [0.1, 0.15) is 0 Å². The predicted molar refractivity (Wildman–Crippen MR) is 62.3 cm³/mol. The third-order valence-electron chi connectivity index (χ3n) is 2.17. The zero-order valence-electron chi connectivity index (χ0n) is 9.49. The van der Waals surface area contributed by atoms with Gasteiger partial charge in [0.25, 0.3) is 0 Å². The van der Waals surface area contributed by atoms with Crippen molar-refractivity contribution in [1.82, 2.24) is 4.90 Å². The SMILES string of the molecule is COc1ccc(CN(C)C(=O)Cl)cc1OC. The highest BCUT2D eigenvalue weighted by molar-refractivity contribution is 6.62. The van der Waals surface area contributed by atoms with E-state index in [1.54, 1.807) is 27.3 Å². The molecule has 0 aliphatic heterocycles. The summed E-state index contributed by atoms with van der Waals surface area (Å²) in [6, 6.07) is 5.47. The van der Waals surface area contributed by atoms with E-state index in [4.69, 9.17) is 21.1 Å². The smallest absolute Gasteiger partial charge is 0.316 e. The summed E-state index contributed by atoms with van der Waals surface area (Å²) in [6.07, 6.45) is 0. The maximum absolute atomic E-state index is 10.9. The van der Waals surface area contributed by atoms with Gasteiger partial charge in [-0.15, -0.1) is 0 Å². The van der Waals surface area contributed by atoms with Gasteiger partial charge < -0.3 is 14.4 Å². The van der Waals surface area contributed by atoms with Gasteiger partial charge in [-0.05, 0) is 29.3 Å². The Morgan fingerprint density at radius 3 is 2.44 bits per heavy atom. The molecule has 0 radical (unpaired) electrons. The minimum Gasteiger partial charge on any atom is -0.493 e. The second kappa shape index (κ2) is 5.61. The van der Waals surface area contributed by atoms with Crippen LogP contribution in [0.2, 0.25) is 0 Å². The Morgan fingerprint density at radius 1 is 1.31 bits per heavy atom. The largest absolute Gasteiger partial charge is 0.493 e. The van der Waals surface area contributed by atoms with Crippen molar-refractivity contribution in [3.63, 3.8) is 0 Å². The van der Waals surface area contributed by atoms with Crippen LogP contribution in [0, 0.1) is 0 Å². The van der Waals surface area contributed by atoms with E-state index in [2.05, 4.69) is 0 Å². The molecular formula is C11H14ClNO3. The number of amides is 1. The standard InChI is InChI=1S/C11H14ClNO3/c1-13(11(12)14)7-8-4-5-9(15-2)10(6-8)16-3/h4-6H,7H2,1-3H3. The highest BCUT2D eigenvalue weighted by Crippen LogP contribution is 2.27. The Kier molecular flexibility index (Phi) is 4.43. The minimum absolute atomic E-state index is 0.433. The first kappa shape index (κ1) is 12.6. The first-order valence-electron chi connectivity index (χ1n) is 4.70. The lowest BCUT2D eigenvalue weighted by Crippen LogP contribution is -2.20. The van der Waals surface area contributed by atoms with Crippen molar-refractivity contribution in [2.45, 2.75) is 6.54 Å². The van der Waals surface area contributed by atoms with Gasteiger partial charge in [-0.3, -0.25) is 4.79 Å². The van der Waals surface area contributed by atoms with E-state index in [1.807, 2.05) is 12.1 Å². The van der Waals surface area contributed by atoms with E-state index in [9.17, 15) is 4.79 Å². The number of carbonyl (C=O) groups excluding carboxylic acids is 1. The number of benzene rings is 1. The van der Waals surface area contributed by atoms with Crippen LogP contribution in [0.5, 0.6) is 11.5 Å². The molecule has 0 aliphatic rings. The molecule has 5 heteroatoms. The van der Waals surface area contributed by atoms with Crippen molar-refractivity contribution in [3.8, 4) is 11.5 Å². The molecule has 0 fully saturated rings. The second-order valence-electron chi connectivity index (χ2n) is 3.30. The van der Waals surface area contributed by atoms with Crippen molar-refractivity contribution in [2.24, 2.45) is 0 Å². The second-order valence-corrected chi connectivity index (χ2v) is 3.62. The third kappa shape index (κ3) is 3.03. The van der Waals surface area contributed by atoms with Crippen LogP contribution < -0.4 is 9.47 Å². The Hall–Kier alpha value is -1.42. The number of nitrogens with zero attached hydrogens (tertiary/aromatic N) is 1. The highest BCUT2D eigenvalue weighted by Gasteiger charge is 2.08. The fourth-order valence-electron chi connectivity index (χ4n) is 1.32. The third-order valence-corrected chi connectivity index (χ3v) is 2.46. The summed E-state index contributed by atoms with van der Waals surface area (Å²) in [5.41, 5.74) is 0.925. The Bertz CT molecular complexity index is 381. The lowest BCUT2D eigenvalue weighted by molar-refractivity contribution is 0.230. The maximum atomic E-state index is 10.9. The quantitative estimate of drug-likeness (QED) is 0.603. The molecule has 16 heavy (non-hydrogen) atoms. The van der Waals surface area contributed by atoms with Gasteiger partial charge in [-0.2, -0.15) is 0 Å². The number of hydrogen-bond acceptors (Lipinski definition) is 3. The summed E-state index contributed by atoms with van der Waals surface area (Å²) in [6.45, 7) is 0.433. The number of halogens is 1. The molecule has 0 N–H and O–H groups in total. The fourth-order valence-corrected chi connectivity index (χ4v) is 1.37. The van der Waals surface area contributed by atoms with E-state index in [0.29, 0.717) is 18.0 Å². The highest BCUT2D eigenvalue weighted by atomic mass is 35.5. The summed E-state index contributed by atoms with van der Waals surface area (Å²) in [5, 5.41) is -0.491. The topological polar surface area (TPSA) is 38.8 Å². The van der Waals surface area contributed by atoms with Gasteiger partial charge in [0, 0.05) is 13.6 Å². The van der Waals surface area contributed by atoms with Gasteiger partial charge in [0.15, 0.2) is 11.5 Å². The van der Waals surface area contributed by atoms with Crippen molar-refractivity contribution < 1.29 is 14.3 Å². The van der Waals surface area contributed by atoms with Gasteiger partial charge in [0.2, 0.25) is 0 Å². The van der Waals surface area contributed by atoms with E-state index in [0.717, 1.165) is 5.56 Å². The van der Waals surface area contributed by atoms with Crippen LogP contribution in [0.15, 0.2) is 18.2 Å². The molecule has 88 valence electrons.